The van der Waals surface area contributed by atoms with E-state index >= 15 is 0 Å². The second-order valence-electron chi connectivity index (χ2n) is 14.9. The van der Waals surface area contributed by atoms with Crippen molar-refractivity contribution in [3.05, 3.63) is 187 Å². The molecule has 0 saturated heterocycles. The lowest BCUT2D eigenvalue weighted by Crippen LogP contribution is -2.16. The maximum Gasteiger partial charge on any atom is 0.143 e. The Morgan fingerprint density at radius 3 is 1.74 bits per heavy atom. The summed E-state index contributed by atoms with van der Waals surface area (Å²) in [5.41, 5.74) is 16.5. The van der Waals surface area contributed by atoms with Crippen molar-refractivity contribution in [3.8, 4) is 33.4 Å². The second kappa shape index (κ2) is 11.6. The van der Waals surface area contributed by atoms with Gasteiger partial charge < -0.3 is 13.7 Å². The van der Waals surface area contributed by atoms with Crippen molar-refractivity contribution in [2.75, 3.05) is 4.90 Å². The highest BCUT2D eigenvalue weighted by molar-refractivity contribution is 6.16. The first-order chi connectivity index (χ1) is 26.5. The Balaban J connectivity index is 1.06. The summed E-state index contributed by atoms with van der Waals surface area (Å²) in [6.45, 7) is 4.67. The van der Waals surface area contributed by atoms with Crippen molar-refractivity contribution >= 4 is 60.9 Å². The fourth-order valence-corrected chi connectivity index (χ4v) is 8.75. The van der Waals surface area contributed by atoms with E-state index in [1.807, 2.05) is 6.07 Å². The largest absolute Gasteiger partial charge is 0.456 e. The van der Waals surface area contributed by atoms with E-state index in [-0.39, 0.29) is 5.41 Å². The van der Waals surface area contributed by atoms with Crippen LogP contribution in [0.2, 0.25) is 0 Å². The minimum atomic E-state index is -0.115. The van der Waals surface area contributed by atoms with Gasteiger partial charge in [-0.15, -0.1) is 0 Å². The van der Waals surface area contributed by atoms with Crippen LogP contribution in [0.3, 0.4) is 0 Å². The maximum absolute atomic E-state index is 6.71. The molecule has 0 unspecified atom stereocenters. The molecule has 0 bridgehead atoms. The molecule has 0 radical (unpaired) electrons. The normalized spacial score (nSPS) is 13.1. The van der Waals surface area contributed by atoms with Gasteiger partial charge in [-0.05, 0) is 87.5 Å². The van der Waals surface area contributed by atoms with Gasteiger partial charge in [0, 0.05) is 55.7 Å². The number of fused-ring (bicyclic) bond motifs is 9. The highest BCUT2D eigenvalue weighted by Crippen LogP contribution is 2.51. The van der Waals surface area contributed by atoms with Gasteiger partial charge in [0.05, 0.1) is 0 Å². The molecule has 2 heterocycles. The lowest BCUT2D eigenvalue weighted by atomic mass is 9.82. The molecule has 0 atom stereocenters. The van der Waals surface area contributed by atoms with Crippen LogP contribution in [-0.2, 0) is 5.41 Å². The van der Waals surface area contributed by atoms with Crippen LogP contribution in [0.15, 0.2) is 185 Å². The van der Waals surface area contributed by atoms with Gasteiger partial charge in [-0.1, -0.05) is 135 Å². The third-order valence-electron chi connectivity index (χ3n) is 11.5. The zero-order valence-corrected chi connectivity index (χ0v) is 30.0. The minimum Gasteiger partial charge on any atom is -0.456 e. The Labute approximate surface area is 313 Å². The van der Waals surface area contributed by atoms with Crippen LogP contribution in [0.4, 0.5) is 17.1 Å². The van der Waals surface area contributed by atoms with E-state index in [0.29, 0.717) is 0 Å². The summed E-state index contributed by atoms with van der Waals surface area (Å²) in [4.78, 5) is 2.35. The van der Waals surface area contributed by atoms with Crippen molar-refractivity contribution in [2.45, 2.75) is 19.3 Å². The first-order valence-electron chi connectivity index (χ1n) is 18.6. The molecular formula is C51H35NO2. The fraction of sp³-hybridized carbons (Fsp3) is 0.0588. The van der Waals surface area contributed by atoms with Gasteiger partial charge in [-0.2, -0.15) is 0 Å². The van der Waals surface area contributed by atoms with E-state index in [2.05, 4.69) is 189 Å². The number of nitrogens with zero attached hydrogens (tertiary/aromatic N) is 1. The lowest BCUT2D eigenvalue weighted by molar-refractivity contribution is 0.660. The molecule has 3 nitrogen and oxygen atoms in total. The lowest BCUT2D eigenvalue weighted by Gasteiger charge is -2.28. The zero-order chi connectivity index (χ0) is 36.0. The van der Waals surface area contributed by atoms with Crippen molar-refractivity contribution in [1.82, 2.24) is 0 Å². The summed E-state index contributed by atoms with van der Waals surface area (Å²) in [5, 5.41) is 4.24. The Bertz CT molecular complexity index is 3060. The summed E-state index contributed by atoms with van der Waals surface area (Å²) in [7, 11) is 0. The number of para-hydroxylation sites is 1. The molecule has 2 aromatic heterocycles. The number of rotatable bonds is 5. The standard InChI is InChI=1S/C51H35NO2/c1-51(2)45-19-10-9-16-39(45)40-26-24-36(28-46(40)51)52(35-22-20-33(21-23-35)32-12-5-3-6-13-32)37-25-27-41-43-30-49-44(31-48(43)53-47(41)29-37)42-18-11-17-38(50(42)54-49)34-14-7-4-8-15-34/h3-31H,1-2H3. The molecule has 11 rings (SSSR count). The highest BCUT2D eigenvalue weighted by Gasteiger charge is 2.35. The van der Waals surface area contributed by atoms with Gasteiger partial charge in [-0.25, -0.2) is 0 Å². The second-order valence-corrected chi connectivity index (χ2v) is 14.9. The first kappa shape index (κ1) is 30.8. The van der Waals surface area contributed by atoms with E-state index in [1.165, 1.54) is 33.4 Å². The third-order valence-corrected chi connectivity index (χ3v) is 11.5. The number of anilines is 3. The molecule has 1 aliphatic rings. The molecule has 0 aliphatic heterocycles. The van der Waals surface area contributed by atoms with Gasteiger partial charge in [0.25, 0.3) is 0 Å². The van der Waals surface area contributed by atoms with Crippen LogP contribution in [0, 0.1) is 0 Å². The molecule has 54 heavy (non-hydrogen) atoms. The van der Waals surface area contributed by atoms with E-state index in [4.69, 9.17) is 8.83 Å². The van der Waals surface area contributed by atoms with Gasteiger partial charge in [0.15, 0.2) is 0 Å². The summed E-state index contributed by atoms with van der Waals surface area (Å²) in [6.07, 6.45) is 0. The van der Waals surface area contributed by atoms with Gasteiger partial charge >= 0.3 is 0 Å². The third kappa shape index (κ3) is 4.61. The average molecular weight is 694 g/mol. The van der Waals surface area contributed by atoms with E-state index in [0.717, 1.165) is 72.1 Å². The predicted molar refractivity (Wildman–Crippen MR) is 224 cm³/mol. The molecule has 0 saturated carbocycles. The minimum absolute atomic E-state index is 0.115. The van der Waals surface area contributed by atoms with Crippen molar-refractivity contribution < 1.29 is 8.83 Å². The van der Waals surface area contributed by atoms with E-state index < -0.39 is 0 Å². The molecule has 256 valence electrons. The van der Waals surface area contributed by atoms with Crippen LogP contribution in [0.5, 0.6) is 0 Å². The Kier molecular flexibility index (Phi) is 6.60. The quantitative estimate of drug-likeness (QED) is 0.180. The first-order valence-corrected chi connectivity index (χ1v) is 18.6. The zero-order valence-electron chi connectivity index (χ0n) is 30.0. The SMILES string of the molecule is CC1(C)c2ccccc2-c2ccc(N(c3ccc(-c4ccccc4)cc3)c3ccc4c(c3)oc3cc5c(cc34)oc3c(-c4ccccc4)cccc35)cc21. The smallest absolute Gasteiger partial charge is 0.143 e. The summed E-state index contributed by atoms with van der Waals surface area (Å²) < 4.78 is 13.3. The molecule has 0 fully saturated rings. The van der Waals surface area contributed by atoms with Crippen molar-refractivity contribution in [2.24, 2.45) is 0 Å². The summed E-state index contributed by atoms with van der Waals surface area (Å²) in [6, 6.07) is 62.8. The molecule has 3 heteroatoms. The van der Waals surface area contributed by atoms with Gasteiger partial charge in [0.1, 0.15) is 22.3 Å². The number of hydrogen-bond donors (Lipinski definition) is 0. The molecular weight excluding hydrogens is 659 g/mol. The summed E-state index contributed by atoms with van der Waals surface area (Å²) >= 11 is 0. The van der Waals surface area contributed by atoms with E-state index in [1.54, 1.807) is 0 Å². The molecule has 0 N–H and O–H groups in total. The number of hydrogen-bond acceptors (Lipinski definition) is 3. The maximum atomic E-state index is 6.71. The monoisotopic (exact) mass is 693 g/mol. The highest BCUT2D eigenvalue weighted by atomic mass is 16.3. The number of furan rings is 2. The molecule has 0 amide bonds. The Hall–Kier alpha value is -6.84. The molecule has 10 aromatic rings. The Morgan fingerprint density at radius 1 is 0.370 bits per heavy atom. The predicted octanol–water partition coefficient (Wildman–Crippen LogP) is 14.6. The van der Waals surface area contributed by atoms with Crippen LogP contribution < -0.4 is 4.90 Å². The van der Waals surface area contributed by atoms with Gasteiger partial charge in [0.2, 0.25) is 0 Å². The van der Waals surface area contributed by atoms with Crippen LogP contribution in [-0.4, -0.2) is 0 Å². The van der Waals surface area contributed by atoms with Crippen LogP contribution in [0.1, 0.15) is 25.0 Å². The van der Waals surface area contributed by atoms with Crippen molar-refractivity contribution in [3.63, 3.8) is 0 Å². The van der Waals surface area contributed by atoms with Crippen LogP contribution in [0.25, 0.3) is 77.3 Å². The number of benzene rings is 8. The molecule has 8 aromatic carbocycles. The fourth-order valence-electron chi connectivity index (χ4n) is 8.75. The molecule has 0 spiro atoms. The van der Waals surface area contributed by atoms with E-state index in [9.17, 15) is 0 Å². The van der Waals surface area contributed by atoms with Crippen molar-refractivity contribution in [1.29, 1.82) is 0 Å². The summed E-state index contributed by atoms with van der Waals surface area (Å²) in [5.74, 6) is 0. The Morgan fingerprint density at radius 2 is 0.944 bits per heavy atom. The van der Waals surface area contributed by atoms with Gasteiger partial charge in [-0.3, -0.25) is 0 Å². The van der Waals surface area contributed by atoms with Crippen LogP contribution >= 0.6 is 0 Å². The molecule has 1 aliphatic carbocycles. The average Bonchev–Trinajstić information content (AvgIpc) is 3.84. The topological polar surface area (TPSA) is 29.5 Å².